The van der Waals surface area contributed by atoms with Crippen LogP contribution in [-0.4, -0.2) is 10.8 Å². The number of nitrogens with zero attached hydrogens (tertiary/aromatic N) is 1. The first kappa shape index (κ1) is 11.9. The summed E-state index contributed by atoms with van der Waals surface area (Å²) < 4.78 is 0. The summed E-state index contributed by atoms with van der Waals surface area (Å²) in [7, 11) is 0. The SMILES string of the molecule is CCC(=O)N(C1=CC=CCC1)C1=CC=CCC1. The van der Waals surface area contributed by atoms with E-state index in [0.717, 1.165) is 37.1 Å². The summed E-state index contributed by atoms with van der Waals surface area (Å²) in [5, 5.41) is 0. The summed E-state index contributed by atoms with van der Waals surface area (Å²) in [4.78, 5) is 14.0. The van der Waals surface area contributed by atoms with Gasteiger partial charge in [-0.25, -0.2) is 0 Å². The second-order valence-electron chi connectivity index (χ2n) is 4.33. The second-order valence-corrected chi connectivity index (χ2v) is 4.33. The van der Waals surface area contributed by atoms with Gasteiger partial charge in [-0.2, -0.15) is 0 Å². The van der Waals surface area contributed by atoms with E-state index in [4.69, 9.17) is 0 Å². The van der Waals surface area contributed by atoms with Gasteiger partial charge in [0.2, 0.25) is 5.91 Å². The van der Waals surface area contributed by atoms with Crippen LogP contribution in [-0.2, 0) is 4.79 Å². The van der Waals surface area contributed by atoms with Crippen LogP contribution in [0.3, 0.4) is 0 Å². The van der Waals surface area contributed by atoms with E-state index in [9.17, 15) is 4.79 Å². The molecule has 0 aliphatic heterocycles. The maximum Gasteiger partial charge on any atom is 0.230 e. The highest BCUT2D eigenvalue weighted by molar-refractivity contribution is 5.80. The van der Waals surface area contributed by atoms with Gasteiger partial charge in [0.15, 0.2) is 0 Å². The number of carbonyl (C=O) groups excluding carboxylic acids is 1. The maximum atomic E-state index is 12.1. The fourth-order valence-corrected chi connectivity index (χ4v) is 2.22. The van der Waals surface area contributed by atoms with E-state index in [0.29, 0.717) is 6.42 Å². The molecule has 0 fully saturated rings. The summed E-state index contributed by atoms with van der Waals surface area (Å²) in [5.41, 5.74) is 2.28. The number of allylic oxidation sites excluding steroid dienone is 8. The van der Waals surface area contributed by atoms with E-state index in [1.807, 2.05) is 24.0 Å². The number of amides is 1. The Labute approximate surface area is 103 Å². The van der Waals surface area contributed by atoms with Crippen molar-refractivity contribution in [2.24, 2.45) is 0 Å². The summed E-state index contributed by atoms with van der Waals surface area (Å²) in [6.45, 7) is 1.92. The van der Waals surface area contributed by atoms with E-state index in [1.54, 1.807) is 0 Å². The molecule has 90 valence electrons. The first-order valence-corrected chi connectivity index (χ1v) is 6.37. The van der Waals surface area contributed by atoms with Crippen LogP contribution in [0.1, 0.15) is 39.0 Å². The van der Waals surface area contributed by atoms with Crippen molar-refractivity contribution in [2.45, 2.75) is 39.0 Å². The Balaban J connectivity index is 2.27. The van der Waals surface area contributed by atoms with Crippen LogP contribution < -0.4 is 0 Å². The molecule has 0 saturated carbocycles. The summed E-state index contributed by atoms with van der Waals surface area (Å²) in [6.07, 6.45) is 17.1. The molecule has 1 amide bonds. The molecule has 0 unspecified atom stereocenters. The van der Waals surface area contributed by atoms with Crippen LogP contribution in [0, 0.1) is 0 Å². The van der Waals surface area contributed by atoms with Gasteiger partial charge in [-0.1, -0.05) is 31.2 Å². The Kier molecular flexibility index (Phi) is 3.97. The first-order valence-electron chi connectivity index (χ1n) is 6.37. The average molecular weight is 229 g/mol. The van der Waals surface area contributed by atoms with Crippen molar-refractivity contribution >= 4 is 5.91 Å². The van der Waals surface area contributed by atoms with Gasteiger partial charge in [-0.3, -0.25) is 9.69 Å². The normalized spacial score (nSPS) is 18.6. The van der Waals surface area contributed by atoms with Crippen molar-refractivity contribution in [1.82, 2.24) is 4.90 Å². The lowest BCUT2D eigenvalue weighted by molar-refractivity contribution is -0.127. The zero-order valence-corrected chi connectivity index (χ0v) is 10.4. The van der Waals surface area contributed by atoms with Gasteiger partial charge >= 0.3 is 0 Å². The van der Waals surface area contributed by atoms with Gasteiger partial charge in [0, 0.05) is 17.8 Å². The topological polar surface area (TPSA) is 20.3 Å². The summed E-state index contributed by atoms with van der Waals surface area (Å²) in [6, 6.07) is 0. The molecule has 2 aliphatic rings. The zero-order valence-electron chi connectivity index (χ0n) is 10.4. The molecule has 2 aliphatic carbocycles. The van der Waals surface area contributed by atoms with Crippen molar-refractivity contribution < 1.29 is 4.79 Å². The highest BCUT2D eigenvalue weighted by Gasteiger charge is 2.20. The molecule has 0 atom stereocenters. The molecule has 2 nitrogen and oxygen atoms in total. The van der Waals surface area contributed by atoms with Crippen molar-refractivity contribution in [3.8, 4) is 0 Å². The zero-order chi connectivity index (χ0) is 12.1. The Morgan fingerprint density at radius 1 is 1.12 bits per heavy atom. The quantitative estimate of drug-likeness (QED) is 0.722. The average Bonchev–Trinajstić information content (AvgIpc) is 2.41. The minimum Gasteiger partial charge on any atom is -0.289 e. The number of rotatable bonds is 3. The predicted molar refractivity (Wildman–Crippen MR) is 70.1 cm³/mol. The molecule has 2 heteroatoms. The van der Waals surface area contributed by atoms with E-state index >= 15 is 0 Å². The molecule has 0 saturated heterocycles. The Bertz CT molecular complexity index is 381. The summed E-state index contributed by atoms with van der Waals surface area (Å²) in [5.74, 6) is 0.202. The molecule has 0 aromatic carbocycles. The van der Waals surface area contributed by atoms with E-state index in [1.165, 1.54) is 0 Å². The molecular weight excluding hydrogens is 210 g/mol. The highest BCUT2D eigenvalue weighted by atomic mass is 16.2. The molecule has 0 aromatic rings. The smallest absolute Gasteiger partial charge is 0.230 e. The van der Waals surface area contributed by atoms with Crippen molar-refractivity contribution in [2.75, 3.05) is 0 Å². The Morgan fingerprint density at radius 3 is 2.00 bits per heavy atom. The molecule has 0 heterocycles. The van der Waals surface area contributed by atoms with Crippen LogP contribution in [0.15, 0.2) is 47.9 Å². The predicted octanol–water partition coefficient (Wildman–Crippen LogP) is 3.69. The van der Waals surface area contributed by atoms with E-state index < -0.39 is 0 Å². The van der Waals surface area contributed by atoms with Crippen molar-refractivity contribution in [3.63, 3.8) is 0 Å². The van der Waals surface area contributed by atoms with Crippen LogP contribution in [0.2, 0.25) is 0 Å². The third kappa shape index (κ3) is 2.76. The molecule has 0 bridgehead atoms. The molecule has 17 heavy (non-hydrogen) atoms. The first-order chi connectivity index (χ1) is 8.33. The van der Waals surface area contributed by atoms with Crippen molar-refractivity contribution in [3.05, 3.63) is 47.9 Å². The third-order valence-corrected chi connectivity index (χ3v) is 3.11. The Morgan fingerprint density at radius 2 is 1.65 bits per heavy atom. The molecule has 0 spiro atoms. The van der Waals surface area contributed by atoms with Crippen LogP contribution >= 0.6 is 0 Å². The van der Waals surface area contributed by atoms with Crippen molar-refractivity contribution in [1.29, 1.82) is 0 Å². The monoisotopic (exact) mass is 229 g/mol. The fraction of sp³-hybridized carbons (Fsp3) is 0.400. The minimum atomic E-state index is 0.202. The Hall–Kier alpha value is -1.57. The maximum absolute atomic E-state index is 12.1. The van der Waals surface area contributed by atoms with Crippen LogP contribution in [0.5, 0.6) is 0 Å². The van der Waals surface area contributed by atoms with E-state index in [-0.39, 0.29) is 5.91 Å². The largest absolute Gasteiger partial charge is 0.289 e. The minimum absolute atomic E-state index is 0.202. The van der Waals surface area contributed by atoms with Crippen LogP contribution in [0.4, 0.5) is 0 Å². The lowest BCUT2D eigenvalue weighted by Gasteiger charge is -2.29. The van der Waals surface area contributed by atoms with Gasteiger partial charge in [0.25, 0.3) is 0 Å². The van der Waals surface area contributed by atoms with Gasteiger partial charge in [0.05, 0.1) is 0 Å². The van der Waals surface area contributed by atoms with Gasteiger partial charge in [-0.15, -0.1) is 0 Å². The number of hydrogen-bond acceptors (Lipinski definition) is 1. The standard InChI is InChI=1S/C15H19NO/c1-2-15(17)16(13-9-5-3-6-10-13)14-11-7-4-8-12-14/h3-5,7,9,11H,2,6,8,10,12H2,1H3. The van der Waals surface area contributed by atoms with E-state index in [2.05, 4.69) is 24.3 Å². The highest BCUT2D eigenvalue weighted by Crippen LogP contribution is 2.26. The molecule has 0 radical (unpaired) electrons. The van der Waals surface area contributed by atoms with Gasteiger partial charge in [0.1, 0.15) is 0 Å². The number of carbonyl (C=O) groups is 1. The molecule has 0 aromatic heterocycles. The van der Waals surface area contributed by atoms with Crippen LogP contribution in [0.25, 0.3) is 0 Å². The summed E-state index contributed by atoms with van der Waals surface area (Å²) >= 11 is 0. The fourth-order valence-electron chi connectivity index (χ4n) is 2.22. The van der Waals surface area contributed by atoms with Gasteiger partial charge in [-0.05, 0) is 37.8 Å². The second kappa shape index (κ2) is 5.67. The van der Waals surface area contributed by atoms with Gasteiger partial charge < -0.3 is 0 Å². The lowest BCUT2D eigenvalue weighted by Crippen LogP contribution is -2.30. The third-order valence-electron chi connectivity index (χ3n) is 3.11. The molecule has 0 N–H and O–H groups in total. The molecule has 2 rings (SSSR count). The number of hydrogen-bond donors (Lipinski definition) is 0. The molecular formula is C15H19NO. The lowest BCUT2D eigenvalue weighted by atomic mass is 10.0.